The Bertz CT molecular complexity index is 352. The number of rotatable bonds is 5. The van der Waals surface area contributed by atoms with Gasteiger partial charge < -0.3 is 0 Å². The van der Waals surface area contributed by atoms with Gasteiger partial charge in [-0.05, 0) is 32.1 Å². The molecule has 0 aromatic heterocycles. The number of ketones is 2. The Labute approximate surface area is 124 Å². The summed E-state index contributed by atoms with van der Waals surface area (Å²) in [5.41, 5.74) is -0.441. The summed E-state index contributed by atoms with van der Waals surface area (Å²) in [4.78, 5) is 24.9. The number of hydrogen-bond donors (Lipinski definition) is 0. The van der Waals surface area contributed by atoms with Crippen molar-refractivity contribution >= 4 is 11.6 Å². The largest absolute Gasteiger partial charge is 0.299 e. The third-order valence-corrected chi connectivity index (χ3v) is 4.75. The molecule has 2 nitrogen and oxygen atoms in total. The van der Waals surface area contributed by atoms with Crippen molar-refractivity contribution in [3.63, 3.8) is 0 Å². The molecule has 0 radical (unpaired) electrons. The van der Waals surface area contributed by atoms with E-state index in [0.717, 1.165) is 38.5 Å². The average molecular weight is 280 g/mol. The Morgan fingerprint density at radius 3 is 1.60 bits per heavy atom. The Balaban J connectivity index is 2.59. The normalized spacial score (nSPS) is 24.5. The minimum absolute atomic E-state index is 0.174. The van der Waals surface area contributed by atoms with E-state index in [0.29, 0.717) is 11.6 Å². The van der Waals surface area contributed by atoms with Crippen LogP contribution in [0.15, 0.2) is 0 Å². The summed E-state index contributed by atoms with van der Waals surface area (Å²) in [5.74, 6) is 1.14. The molecule has 1 aliphatic carbocycles. The topological polar surface area (TPSA) is 34.1 Å². The Kier molecular flexibility index (Phi) is 5.57. The maximum atomic E-state index is 12.6. The van der Waals surface area contributed by atoms with Crippen molar-refractivity contribution in [2.45, 2.75) is 80.1 Å². The van der Waals surface area contributed by atoms with Gasteiger partial charge >= 0.3 is 0 Å². The van der Waals surface area contributed by atoms with E-state index in [-0.39, 0.29) is 22.7 Å². The second kappa shape index (κ2) is 6.41. The van der Waals surface area contributed by atoms with Crippen LogP contribution in [0.5, 0.6) is 0 Å². The summed E-state index contributed by atoms with van der Waals surface area (Å²) in [6.45, 7) is 12.3. The molecule has 1 fully saturated rings. The molecule has 0 aromatic carbocycles. The summed E-state index contributed by atoms with van der Waals surface area (Å²) < 4.78 is 0. The lowest BCUT2D eigenvalue weighted by atomic mass is 9.68. The minimum Gasteiger partial charge on any atom is -0.299 e. The summed E-state index contributed by atoms with van der Waals surface area (Å²) in [5, 5.41) is 0. The molecule has 20 heavy (non-hydrogen) atoms. The van der Waals surface area contributed by atoms with E-state index < -0.39 is 0 Å². The van der Waals surface area contributed by atoms with E-state index in [2.05, 4.69) is 20.8 Å². The fourth-order valence-electron chi connectivity index (χ4n) is 3.53. The number of carbonyl (C=O) groups is 2. The van der Waals surface area contributed by atoms with Crippen LogP contribution < -0.4 is 0 Å². The van der Waals surface area contributed by atoms with Crippen molar-refractivity contribution in [1.82, 2.24) is 0 Å². The van der Waals surface area contributed by atoms with E-state index in [1.807, 2.05) is 20.8 Å². The maximum Gasteiger partial charge on any atom is 0.141 e. The third-order valence-electron chi connectivity index (χ3n) is 4.75. The molecule has 0 saturated heterocycles. The predicted octanol–water partition coefficient (Wildman–Crippen LogP) is 4.80. The molecule has 0 bridgehead atoms. The first-order valence-electron chi connectivity index (χ1n) is 8.18. The molecule has 0 spiro atoms. The van der Waals surface area contributed by atoms with Crippen LogP contribution in [-0.4, -0.2) is 11.6 Å². The van der Waals surface area contributed by atoms with Gasteiger partial charge in [0.05, 0.1) is 0 Å². The van der Waals surface area contributed by atoms with Gasteiger partial charge in [-0.2, -0.15) is 0 Å². The third kappa shape index (κ3) is 4.17. The van der Waals surface area contributed by atoms with Crippen molar-refractivity contribution in [1.29, 1.82) is 0 Å². The summed E-state index contributed by atoms with van der Waals surface area (Å²) >= 11 is 0. The first-order chi connectivity index (χ1) is 9.09. The highest BCUT2D eigenvalue weighted by atomic mass is 16.1. The molecule has 0 heterocycles. The van der Waals surface area contributed by atoms with Gasteiger partial charge in [-0.3, -0.25) is 9.59 Å². The lowest BCUT2D eigenvalue weighted by Gasteiger charge is -2.34. The van der Waals surface area contributed by atoms with Crippen molar-refractivity contribution in [2.75, 3.05) is 0 Å². The molecule has 0 amide bonds. The zero-order valence-electron chi connectivity index (χ0n) is 14.2. The zero-order chi connectivity index (χ0) is 15.6. The minimum atomic E-state index is -0.247. The molecule has 1 aliphatic rings. The highest BCUT2D eigenvalue weighted by Gasteiger charge is 2.38. The van der Waals surface area contributed by atoms with Gasteiger partial charge in [-0.15, -0.1) is 0 Å². The van der Waals surface area contributed by atoms with E-state index in [1.165, 1.54) is 0 Å². The van der Waals surface area contributed by atoms with Crippen molar-refractivity contribution in [3.8, 4) is 0 Å². The van der Waals surface area contributed by atoms with Gasteiger partial charge in [-0.25, -0.2) is 0 Å². The van der Waals surface area contributed by atoms with Gasteiger partial charge in [0.2, 0.25) is 0 Å². The predicted molar refractivity (Wildman–Crippen MR) is 83.6 cm³/mol. The van der Waals surface area contributed by atoms with Crippen LogP contribution in [-0.2, 0) is 9.59 Å². The lowest BCUT2D eigenvalue weighted by molar-refractivity contribution is -0.136. The van der Waals surface area contributed by atoms with Crippen molar-refractivity contribution in [3.05, 3.63) is 0 Å². The van der Waals surface area contributed by atoms with Crippen LogP contribution in [0.1, 0.15) is 80.1 Å². The number of carbonyl (C=O) groups excluding carboxylic acids is 2. The molecule has 2 heteroatoms. The SMILES string of the molecule is CCCC(C)(C)C(=O)C1CCC(C(=O)C(C)(C)C)CC1. The molecule has 0 aliphatic heterocycles. The molecule has 0 atom stereocenters. The number of hydrogen-bond acceptors (Lipinski definition) is 2. The molecule has 116 valence electrons. The fourth-order valence-corrected chi connectivity index (χ4v) is 3.53. The molecule has 0 N–H and O–H groups in total. The van der Waals surface area contributed by atoms with E-state index in [9.17, 15) is 9.59 Å². The Morgan fingerprint density at radius 1 is 0.850 bits per heavy atom. The fraction of sp³-hybridized carbons (Fsp3) is 0.889. The monoisotopic (exact) mass is 280 g/mol. The van der Waals surface area contributed by atoms with Crippen LogP contribution in [0, 0.1) is 22.7 Å². The van der Waals surface area contributed by atoms with Crippen LogP contribution >= 0.6 is 0 Å². The second-order valence-electron chi connectivity index (χ2n) is 8.16. The van der Waals surface area contributed by atoms with Gasteiger partial charge in [0.15, 0.2) is 0 Å². The molecule has 1 saturated carbocycles. The molecule has 0 unspecified atom stereocenters. The summed E-state index contributed by atoms with van der Waals surface area (Å²) in [6.07, 6.45) is 5.61. The van der Waals surface area contributed by atoms with Crippen LogP contribution in [0.3, 0.4) is 0 Å². The lowest BCUT2D eigenvalue weighted by Crippen LogP contribution is -2.36. The second-order valence-corrected chi connectivity index (χ2v) is 8.16. The molecular formula is C18H32O2. The van der Waals surface area contributed by atoms with Gasteiger partial charge in [0.1, 0.15) is 11.6 Å². The van der Waals surface area contributed by atoms with Gasteiger partial charge in [0.25, 0.3) is 0 Å². The van der Waals surface area contributed by atoms with Gasteiger partial charge in [0, 0.05) is 22.7 Å². The Morgan fingerprint density at radius 2 is 1.25 bits per heavy atom. The van der Waals surface area contributed by atoms with E-state index in [1.54, 1.807) is 0 Å². The molecular weight excluding hydrogens is 248 g/mol. The highest BCUT2D eigenvalue weighted by Crippen LogP contribution is 2.38. The van der Waals surface area contributed by atoms with Gasteiger partial charge in [-0.1, -0.05) is 48.0 Å². The van der Waals surface area contributed by atoms with E-state index in [4.69, 9.17) is 0 Å². The summed E-state index contributed by atoms with van der Waals surface area (Å²) in [6, 6.07) is 0. The maximum absolute atomic E-state index is 12.6. The number of Topliss-reactive ketones (excluding diaryl/α,β-unsaturated/α-hetero) is 2. The Hall–Kier alpha value is -0.660. The smallest absolute Gasteiger partial charge is 0.141 e. The first kappa shape index (κ1) is 17.4. The summed E-state index contributed by atoms with van der Waals surface area (Å²) in [7, 11) is 0. The van der Waals surface area contributed by atoms with Crippen molar-refractivity contribution in [2.24, 2.45) is 22.7 Å². The highest BCUT2D eigenvalue weighted by molar-refractivity contribution is 5.88. The molecule has 0 aromatic rings. The standard InChI is InChI=1S/C18H32O2/c1-7-12-18(5,6)16(20)14-10-8-13(9-11-14)15(19)17(2,3)4/h13-14H,7-12H2,1-6H3. The zero-order valence-corrected chi connectivity index (χ0v) is 14.2. The van der Waals surface area contributed by atoms with Crippen LogP contribution in [0.25, 0.3) is 0 Å². The van der Waals surface area contributed by atoms with E-state index >= 15 is 0 Å². The molecule has 1 rings (SSSR count). The quantitative estimate of drug-likeness (QED) is 0.724. The average Bonchev–Trinajstić information content (AvgIpc) is 2.36. The van der Waals surface area contributed by atoms with Crippen LogP contribution in [0.2, 0.25) is 0 Å². The van der Waals surface area contributed by atoms with Crippen molar-refractivity contribution < 1.29 is 9.59 Å². The van der Waals surface area contributed by atoms with Crippen LogP contribution in [0.4, 0.5) is 0 Å². The first-order valence-corrected chi connectivity index (χ1v) is 8.18.